The maximum Gasteiger partial charge on any atom is 0.0438 e. The first-order valence-corrected chi connectivity index (χ1v) is 3.13. The van der Waals surface area contributed by atoms with Gasteiger partial charge in [0, 0.05) is 30.9 Å². The quantitative estimate of drug-likeness (QED) is 0.433. The van der Waals surface area contributed by atoms with Crippen molar-refractivity contribution in [1.29, 1.82) is 10.8 Å². The van der Waals surface area contributed by atoms with Crippen molar-refractivity contribution in [3.05, 3.63) is 0 Å². The van der Waals surface area contributed by atoms with E-state index in [1.807, 2.05) is 0 Å². The van der Waals surface area contributed by atoms with E-state index in [0.717, 1.165) is 19.5 Å². The maximum absolute atomic E-state index is 7.35. The molecule has 9 heavy (non-hydrogen) atoms. The predicted molar refractivity (Wildman–Crippen MR) is 37.5 cm³/mol. The Labute approximate surface area is 54.5 Å². The molecule has 0 spiro atoms. The summed E-state index contributed by atoms with van der Waals surface area (Å²) < 4.78 is 0. The Morgan fingerprint density at radius 3 is 2.89 bits per heavy atom. The zero-order chi connectivity index (χ0) is 6.69. The van der Waals surface area contributed by atoms with E-state index in [1.54, 1.807) is 0 Å². The minimum Gasteiger partial charge on any atom is -0.315 e. The molecule has 0 bridgehead atoms. The third-order valence-electron chi connectivity index (χ3n) is 1.58. The summed E-state index contributed by atoms with van der Waals surface area (Å²) in [4.78, 5) is 0. The fourth-order valence-corrected chi connectivity index (χ4v) is 0.949. The third-order valence-corrected chi connectivity index (χ3v) is 1.58. The topological polar surface area (TPSA) is 59.7 Å². The lowest BCUT2D eigenvalue weighted by molar-refractivity contribution is 0.624. The van der Waals surface area contributed by atoms with Gasteiger partial charge in [-0.1, -0.05) is 0 Å². The Kier molecular flexibility index (Phi) is 1.95. The molecule has 1 aliphatic rings. The molecule has 3 heteroatoms. The van der Waals surface area contributed by atoms with Crippen LogP contribution in [0.3, 0.4) is 0 Å². The Bertz CT molecular complexity index is 130. The van der Waals surface area contributed by atoms with Gasteiger partial charge in [0.05, 0.1) is 0 Å². The Morgan fingerprint density at radius 2 is 2.44 bits per heavy atom. The highest BCUT2D eigenvalue weighted by Crippen LogP contribution is 2.01. The van der Waals surface area contributed by atoms with E-state index in [4.69, 9.17) is 10.8 Å². The fraction of sp³-hybridized carbons (Fsp3) is 0.667. The van der Waals surface area contributed by atoms with Crippen molar-refractivity contribution >= 4 is 11.9 Å². The van der Waals surface area contributed by atoms with Gasteiger partial charge in [-0.3, -0.25) is 0 Å². The van der Waals surface area contributed by atoms with Crippen LogP contribution in [0.5, 0.6) is 0 Å². The highest BCUT2D eigenvalue weighted by Gasteiger charge is 2.14. The van der Waals surface area contributed by atoms with E-state index in [-0.39, 0.29) is 5.92 Å². The molecule has 3 nitrogen and oxygen atoms in total. The Morgan fingerprint density at radius 1 is 1.67 bits per heavy atom. The number of rotatable bonds is 1. The largest absolute Gasteiger partial charge is 0.315 e. The lowest BCUT2D eigenvalue weighted by atomic mass is 9.99. The molecule has 50 valence electrons. The summed E-state index contributed by atoms with van der Waals surface area (Å²) in [7, 11) is 0. The molecule has 0 aromatic rings. The molecule has 1 unspecified atom stereocenters. The summed E-state index contributed by atoms with van der Waals surface area (Å²) in [6.07, 6.45) is 2.15. The van der Waals surface area contributed by atoms with Gasteiger partial charge in [0.1, 0.15) is 0 Å². The molecule has 0 amide bonds. The molecule has 1 atom stereocenters. The van der Waals surface area contributed by atoms with Gasteiger partial charge in [0.15, 0.2) is 0 Å². The molecule has 1 rings (SSSR count). The Balaban J connectivity index is 2.48. The molecule has 1 heterocycles. The van der Waals surface area contributed by atoms with Crippen molar-refractivity contribution in [2.75, 3.05) is 13.1 Å². The average molecular weight is 125 g/mol. The van der Waals surface area contributed by atoms with Crippen molar-refractivity contribution in [2.45, 2.75) is 6.42 Å². The van der Waals surface area contributed by atoms with Gasteiger partial charge in [-0.05, 0) is 6.42 Å². The van der Waals surface area contributed by atoms with Crippen molar-refractivity contribution < 1.29 is 0 Å². The van der Waals surface area contributed by atoms with Crippen LogP contribution in [0.2, 0.25) is 0 Å². The standard InChI is InChI=1S/C6H11N3/c7-3-5-4-9-2-1-6(5)8/h3,5,7-9H,1-2,4H2. The van der Waals surface area contributed by atoms with Gasteiger partial charge >= 0.3 is 0 Å². The van der Waals surface area contributed by atoms with E-state index in [1.165, 1.54) is 6.21 Å². The highest BCUT2D eigenvalue weighted by atomic mass is 14.9. The van der Waals surface area contributed by atoms with Crippen LogP contribution in [-0.4, -0.2) is 25.0 Å². The second-order valence-electron chi connectivity index (χ2n) is 2.25. The van der Waals surface area contributed by atoms with Crippen LogP contribution in [0.25, 0.3) is 0 Å². The second-order valence-corrected chi connectivity index (χ2v) is 2.25. The lowest BCUT2D eigenvalue weighted by Gasteiger charge is -2.19. The molecule has 1 aliphatic heterocycles. The summed E-state index contributed by atoms with van der Waals surface area (Å²) in [6.45, 7) is 1.69. The molecule has 0 aromatic heterocycles. The van der Waals surface area contributed by atoms with E-state index in [9.17, 15) is 0 Å². The molecule has 0 aliphatic carbocycles. The van der Waals surface area contributed by atoms with E-state index >= 15 is 0 Å². The van der Waals surface area contributed by atoms with Crippen LogP contribution < -0.4 is 5.32 Å². The maximum atomic E-state index is 7.35. The SMILES string of the molecule is N=CC1CNCCC1=N. The number of piperidine rings is 1. The van der Waals surface area contributed by atoms with Crippen LogP contribution in [-0.2, 0) is 0 Å². The van der Waals surface area contributed by atoms with Crippen LogP contribution >= 0.6 is 0 Å². The highest BCUT2D eigenvalue weighted by molar-refractivity contribution is 5.96. The van der Waals surface area contributed by atoms with Crippen LogP contribution in [0, 0.1) is 16.7 Å². The van der Waals surface area contributed by atoms with E-state index in [2.05, 4.69) is 5.32 Å². The summed E-state index contributed by atoms with van der Waals surface area (Å²) in [5.41, 5.74) is 0.698. The number of hydrogen-bond acceptors (Lipinski definition) is 3. The lowest BCUT2D eigenvalue weighted by Crippen LogP contribution is -2.37. The van der Waals surface area contributed by atoms with Gasteiger partial charge in [0.25, 0.3) is 0 Å². The molecule has 0 saturated carbocycles. The zero-order valence-electron chi connectivity index (χ0n) is 5.28. The predicted octanol–water partition coefficient (Wildman–Crippen LogP) is 0.265. The van der Waals surface area contributed by atoms with Crippen LogP contribution in [0.1, 0.15) is 6.42 Å². The van der Waals surface area contributed by atoms with Crippen LogP contribution in [0.15, 0.2) is 0 Å². The van der Waals surface area contributed by atoms with Gasteiger partial charge in [-0.2, -0.15) is 0 Å². The van der Waals surface area contributed by atoms with E-state index in [0.29, 0.717) is 5.71 Å². The van der Waals surface area contributed by atoms with E-state index < -0.39 is 0 Å². The fourth-order valence-electron chi connectivity index (χ4n) is 0.949. The average Bonchev–Trinajstić information content (AvgIpc) is 1.89. The molecular weight excluding hydrogens is 114 g/mol. The summed E-state index contributed by atoms with van der Waals surface area (Å²) >= 11 is 0. The van der Waals surface area contributed by atoms with Crippen molar-refractivity contribution in [1.82, 2.24) is 5.32 Å². The molecule has 1 fully saturated rings. The monoisotopic (exact) mass is 125 g/mol. The molecule has 3 N–H and O–H groups in total. The first kappa shape index (κ1) is 6.42. The third kappa shape index (κ3) is 1.36. The van der Waals surface area contributed by atoms with Crippen molar-refractivity contribution in [2.24, 2.45) is 5.92 Å². The van der Waals surface area contributed by atoms with Gasteiger partial charge in [-0.25, -0.2) is 0 Å². The van der Waals surface area contributed by atoms with Crippen LogP contribution in [0.4, 0.5) is 0 Å². The van der Waals surface area contributed by atoms with Gasteiger partial charge in [-0.15, -0.1) is 0 Å². The summed E-state index contributed by atoms with van der Waals surface area (Å²) in [5.74, 6) is 0.0683. The second kappa shape index (κ2) is 2.73. The smallest absolute Gasteiger partial charge is 0.0438 e. The molecule has 1 saturated heterocycles. The van der Waals surface area contributed by atoms with Gasteiger partial charge < -0.3 is 16.1 Å². The normalized spacial score (nSPS) is 28.0. The zero-order valence-corrected chi connectivity index (χ0v) is 5.28. The molecular formula is C6H11N3. The van der Waals surface area contributed by atoms with Crippen molar-refractivity contribution in [3.8, 4) is 0 Å². The summed E-state index contributed by atoms with van der Waals surface area (Å²) in [5, 5.41) is 17.4. The minimum atomic E-state index is 0.0683. The summed E-state index contributed by atoms with van der Waals surface area (Å²) in [6, 6.07) is 0. The number of hydrogen-bond donors (Lipinski definition) is 3. The molecule has 0 aromatic carbocycles. The minimum absolute atomic E-state index is 0.0683. The van der Waals surface area contributed by atoms with Crippen molar-refractivity contribution in [3.63, 3.8) is 0 Å². The first-order valence-electron chi connectivity index (χ1n) is 3.13. The first-order chi connectivity index (χ1) is 4.34. The van der Waals surface area contributed by atoms with Gasteiger partial charge in [0.2, 0.25) is 0 Å². The number of nitrogens with one attached hydrogen (secondary N) is 3. The molecule has 0 radical (unpaired) electrons. The Hall–Kier alpha value is -0.700.